The van der Waals surface area contributed by atoms with Gasteiger partial charge in [0.1, 0.15) is 0 Å². The molecule has 0 bridgehead atoms. The summed E-state index contributed by atoms with van der Waals surface area (Å²) < 4.78 is 0. The van der Waals surface area contributed by atoms with E-state index < -0.39 is 0 Å². The molecule has 0 heterocycles. The van der Waals surface area contributed by atoms with Crippen LogP contribution in [0.2, 0.25) is 0 Å². The average molecular weight is 145 g/mol. The predicted octanol–water partition coefficient (Wildman–Crippen LogP) is 1.65. The third-order valence-electron chi connectivity index (χ3n) is 2.02. The number of hydrogen-bond acceptors (Lipinski definition) is 2. The molecule has 9 heavy (non-hydrogen) atoms. The minimum absolute atomic E-state index is 0.830. The molecule has 0 aliphatic heterocycles. The molecular formula is C7H15NS. The highest BCUT2D eigenvalue weighted by atomic mass is 32.1. The van der Waals surface area contributed by atoms with Crippen LogP contribution in [0.25, 0.3) is 0 Å². The second kappa shape index (κ2) is 4.18. The molecule has 1 aliphatic carbocycles. The first-order valence-electron chi connectivity index (χ1n) is 3.75. The van der Waals surface area contributed by atoms with Crippen molar-refractivity contribution in [1.29, 1.82) is 0 Å². The third-order valence-corrected chi connectivity index (χ3v) is 2.24. The lowest BCUT2D eigenvalue weighted by Gasteiger charge is -2.07. The van der Waals surface area contributed by atoms with Gasteiger partial charge in [-0.1, -0.05) is 12.8 Å². The summed E-state index contributed by atoms with van der Waals surface area (Å²) in [6, 6.07) is 0. The number of thiol groups is 1. The van der Waals surface area contributed by atoms with Gasteiger partial charge in [-0.2, -0.15) is 12.6 Å². The molecule has 1 rings (SSSR count). The van der Waals surface area contributed by atoms with Crippen molar-refractivity contribution in [3.63, 3.8) is 0 Å². The zero-order valence-corrected chi connectivity index (χ0v) is 6.66. The first-order valence-corrected chi connectivity index (χ1v) is 4.38. The number of rotatable bonds is 3. The molecule has 0 atom stereocenters. The van der Waals surface area contributed by atoms with Gasteiger partial charge >= 0.3 is 0 Å². The summed E-state index contributed by atoms with van der Waals surface area (Å²) in [4.78, 5) is 0. The molecule has 0 saturated heterocycles. The molecule has 0 aromatic carbocycles. The normalized spacial score (nSPS) is 21.0. The van der Waals surface area contributed by atoms with Crippen LogP contribution in [-0.4, -0.2) is 12.4 Å². The molecule has 1 nitrogen and oxygen atoms in total. The largest absolute Gasteiger partial charge is 0.308 e. The molecule has 1 N–H and O–H groups in total. The van der Waals surface area contributed by atoms with Gasteiger partial charge in [0.05, 0.1) is 0 Å². The van der Waals surface area contributed by atoms with E-state index in [-0.39, 0.29) is 0 Å². The highest BCUT2D eigenvalue weighted by Gasteiger charge is 2.13. The van der Waals surface area contributed by atoms with Crippen LogP contribution in [0.15, 0.2) is 0 Å². The minimum Gasteiger partial charge on any atom is -0.308 e. The Kier molecular flexibility index (Phi) is 3.44. The molecular weight excluding hydrogens is 130 g/mol. The lowest BCUT2D eigenvalue weighted by Crippen LogP contribution is -2.19. The van der Waals surface area contributed by atoms with E-state index >= 15 is 0 Å². The first-order chi connectivity index (χ1) is 4.43. The summed E-state index contributed by atoms with van der Waals surface area (Å²) in [5.41, 5.74) is 0. The summed E-state index contributed by atoms with van der Waals surface area (Å²) in [6.07, 6.45) is 5.75. The van der Waals surface area contributed by atoms with E-state index in [9.17, 15) is 0 Å². The average Bonchev–Trinajstić information content (AvgIpc) is 2.34. The predicted molar refractivity (Wildman–Crippen MR) is 43.8 cm³/mol. The molecule has 54 valence electrons. The lowest BCUT2D eigenvalue weighted by molar-refractivity contribution is 0.512. The first kappa shape index (κ1) is 7.42. The van der Waals surface area contributed by atoms with Crippen LogP contribution in [0.3, 0.4) is 0 Å². The maximum absolute atomic E-state index is 4.08. The molecule has 2 heteroatoms. The van der Waals surface area contributed by atoms with Gasteiger partial charge in [-0.15, -0.1) is 0 Å². The monoisotopic (exact) mass is 145 g/mol. The summed E-state index contributed by atoms with van der Waals surface area (Å²) >= 11 is 4.08. The Morgan fingerprint density at radius 3 is 2.56 bits per heavy atom. The lowest BCUT2D eigenvalue weighted by atomic mass is 10.1. The Balaban J connectivity index is 1.98. The van der Waals surface area contributed by atoms with Crippen molar-refractivity contribution < 1.29 is 0 Å². The molecule has 0 unspecified atom stereocenters. The molecule has 0 spiro atoms. The number of nitrogens with one attached hydrogen (secondary N) is 1. The van der Waals surface area contributed by atoms with E-state index in [1.807, 2.05) is 0 Å². The maximum Gasteiger partial charge on any atom is 0.0387 e. The van der Waals surface area contributed by atoms with Gasteiger partial charge < -0.3 is 5.32 Å². The maximum atomic E-state index is 4.08. The fraction of sp³-hybridized carbons (Fsp3) is 1.00. The molecule has 1 saturated carbocycles. The van der Waals surface area contributed by atoms with E-state index in [1.165, 1.54) is 32.2 Å². The molecule has 0 radical (unpaired) electrons. The Morgan fingerprint density at radius 2 is 2.00 bits per heavy atom. The molecule has 1 fully saturated rings. The van der Waals surface area contributed by atoms with Crippen molar-refractivity contribution in [3.8, 4) is 0 Å². The summed E-state index contributed by atoms with van der Waals surface area (Å²) in [6.45, 7) is 1.18. The van der Waals surface area contributed by atoms with Crippen LogP contribution in [0.4, 0.5) is 0 Å². The van der Waals surface area contributed by atoms with Crippen LogP contribution in [0.5, 0.6) is 0 Å². The second-order valence-electron chi connectivity index (χ2n) is 2.76. The molecule has 1 aliphatic rings. The van der Waals surface area contributed by atoms with Crippen LogP contribution in [0, 0.1) is 5.92 Å². The van der Waals surface area contributed by atoms with Crippen molar-refractivity contribution in [3.05, 3.63) is 0 Å². The van der Waals surface area contributed by atoms with Crippen molar-refractivity contribution in [2.24, 2.45) is 5.92 Å². The topological polar surface area (TPSA) is 12.0 Å². The molecule has 0 amide bonds. The van der Waals surface area contributed by atoms with Gasteiger partial charge in [0.15, 0.2) is 0 Å². The number of hydrogen-bond donors (Lipinski definition) is 2. The smallest absolute Gasteiger partial charge is 0.0387 e. The van der Waals surface area contributed by atoms with Gasteiger partial charge in [-0.05, 0) is 25.3 Å². The second-order valence-corrected chi connectivity index (χ2v) is 3.08. The van der Waals surface area contributed by atoms with Crippen molar-refractivity contribution >= 4 is 12.6 Å². The summed E-state index contributed by atoms with van der Waals surface area (Å²) in [5, 5.41) is 3.25. The minimum atomic E-state index is 0.830. The van der Waals surface area contributed by atoms with Crippen LogP contribution >= 0.6 is 12.6 Å². The third kappa shape index (κ3) is 2.59. The van der Waals surface area contributed by atoms with Crippen LogP contribution in [-0.2, 0) is 0 Å². The quantitative estimate of drug-likeness (QED) is 0.454. The SMILES string of the molecule is SCNCC1CCCC1. The molecule has 0 aromatic rings. The van der Waals surface area contributed by atoms with E-state index in [0.717, 1.165) is 11.8 Å². The fourth-order valence-electron chi connectivity index (χ4n) is 1.48. The zero-order chi connectivity index (χ0) is 6.53. The zero-order valence-electron chi connectivity index (χ0n) is 5.77. The Hall–Kier alpha value is 0.310. The van der Waals surface area contributed by atoms with Gasteiger partial charge in [0, 0.05) is 5.88 Å². The van der Waals surface area contributed by atoms with Gasteiger partial charge in [0.25, 0.3) is 0 Å². The van der Waals surface area contributed by atoms with E-state index in [1.54, 1.807) is 0 Å². The van der Waals surface area contributed by atoms with E-state index in [4.69, 9.17) is 0 Å². The summed E-state index contributed by atoms with van der Waals surface area (Å²) in [5.74, 6) is 1.79. The fourth-order valence-corrected chi connectivity index (χ4v) is 1.61. The van der Waals surface area contributed by atoms with Gasteiger partial charge in [-0.3, -0.25) is 0 Å². The van der Waals surface area contributed by atoms with Crippen LogP contribution in [0.1, 0.15) is 25.7 Å². The Labute approximate surface area is 62.6 Å². The van der Waals surface area contributed by atoms with Gasteiger partial charge in [-0.25, -0.2) is 0 Å². The summed E-state index contributed by atoms with van der Waals surface area (Å²) in [7, 11) is 0. The van der Waals surface area contributed by atoms with Gasteiger partial charge in [0.2, 0.25) is 0 Å². The van der Waals surface area contributed by atoms with E-state index in [2.05, 4.69) is 17.9 Å². The standard InChI is InChI=1S/C7H15NS/c9-6-8-5-7-3-1-2-4-7/h7-9H,1-6H2. The Morgan fingerprint density at radius 1 is 1.33 bits per heavy atom. The van der Waals surface area contributed by atoms with Crippen molar-refractivity contribution in [2.45, 2.75) is 25.7 Å². The Bertz CT molecular complexity index is 69.3. The van der Waals surface area contributed by atoms with Crippen molar-refractivity contribution in [2.75, 3.05) is 12.4 Å². The van der Waals surface area contributed by atoms with Crippen LogP contribution < -0.4 is 5.32 Å². The highest BCUT2D eigenvalue weighted by molar-refractivity contribution is 7.80. The molecule has 0 aromatic heterocycles. The highest BCUT2D eigenvalue weighted by Crippen LogP contribution is 2.23. The van der Waals surface area contributed by atoms with Crippen molar-refractivity contribution in [1.82, 2.24) is 5.32 Å². The van der Waals surface area contributed by atoms with E-state index in [0.29, 0.717) is 0 Å².